The number of nitrogens with two attached hydrogens (primary N) is 1. The third-order valence-corrected chi connectivity index (χ3v) is 4.49. The first kappa shape index (κ1) is 13.5. The molecular formula is C13H25NO2. The summed E-state index contributed by atoms with van der Waals surface area (Å²) in [5.41, 5.74) is 6.06. The van der Waals surface area contributed by atoms with Crippen molar-refractivity contribution in [2.24, 2.45) is 23.0 Å². The molecule has 3 nitrogen and oxygen atoms in total. The van der Waals surface area contributed by atoms with Crippen LogP contribution in [-0.4, -0.2) is 19.1 Å². The summed E-state index contributed by atoms with van der Waals surface area (Å²) in [5.74, 6) is 1.26. The van der Waals surface area contributed by atoms with Gasteiger partial charge in [-0.05, 0) is 43.4 Å². The molecule has 1 fully saturated rings. The van der Waals surface area contributed by atoms with Crippen molar-refractivity contribution < 1.29 is 9.53 Å². The quantitative estimate of drug-likeness (QED) is 0.753. The molecule has 0 aromatic rings. The SMILES string of the molecule is COC(=O)CC1(C(C)N)CCC(C)C(C)C1. The molecule has 2 N–H and O–H groups in total. The maximum atomic E-state index is 11.5. The second kappa shape index (κ2) is 5.17. The van der Waals surface area contributed by atoms with Gasteiger partial charge in [-0.3, -0.25) is 4.79 Å². The molecule has 94 valence electrons. The average Bonchev–Trinajstić information content (AvgIpc) is 2.23. The van der Waals surface area contributed by atoms with E-state index >= 15 is 0 Å². The van der Waals surface area contributed by atoms with Crippen LogP contribution in [0.5, 0.6) is 0 Å². The molecular weight excluding hydrogens is 202 g/mol. The van der Waals surface area contributed by atoms with Crippen molar-refractivity contribution in [2.45, 2.75) is 52.5 Å². The summed E-state index contributed by atoms with van der Waals surface area (Å²) in [4.78, 5) is 11.5. The molecule has 0 saturated heterocycles. The number of methoxy groups -OCH3 is 1. The molecule has 1 aliphatic carbocycles. The van der Waals surface area contributed by atoms with Crippen LogP contribution in [0.3, 0.4) is 0 Å². The number of esters is 1. The Bertz CT molecular complexity index is 252. The van der Waals surface area contributed by atoms with Crippen LogP contribution in [-0.2, 0) is 9.53 Å². The van der Waals surface area contributed by atoms with Crippen molar-refractivity contribution in [3.8, 4) is 0 Å². The van der Waals surface area contributed by atoms with Gasteiger partial charge in [-0.15, -0.1) is 0 Å². The van der Waals surface area contributed by atoms with E-state index in [1.165, 1.54) is 13.5 Å². The minimum absolute atomic E-state index is 0.0426. The lowest BCUT2D eigenvalue weighted by atomic mass is 9.62. The van der Waals surface area contributed by atoms with Gasteiger partial charge < -0.3 is 10.5 Å². The minimum atomic E-state index is -0.126. The lowest BCUT2D eigenvalue weighted by Crippen LogP contribution is -2.46. The van der Waals surface area contributed by atoms with Crippen molar-refractivity contribution in [2.75, 3.05) is 7.11 Å². The van der Waals surface area contributed by atoms with E-state index in [1.807, 2.05) is 6.92 Å². The Balaban J connectivity index is 2.77. The van der Waals surface area contributed by atoms with E-state index < -0.39 is 0 Å². The molecule has 1 saturated carbocycles. The van der Waals surface area contributed by atoms with E-state index in [0.717, 1.165) is 18.8 Å². The summed E-state index contributed by atoms with van der Waals surface area (Å²) >= 11 is 0. The molecule has 0 heterocycles. The fourth-order valence-corrected chi connectivity index (χ4v) is 2.84. The fourth-order valence-electron chi connectivity index (χ4n) is 2.84. The maximum Gasteiger partial charge on any atom is 0.306 e. The van der Waals surface area contributed by atoms with E-state index in [0.29, 0.717) is 12.3 Å². The molecule has 16 heavy (non-hydrogen) atoms. The van der Waals surface area contributed by atoms with Gasteiger partial charge in [-0.25, -0.2) is 0 Å². The third-order valence-electron chi connectivity index (χ3n) is 4.49. The summed E-state index contributed by atoms with van der Waals surface area (Å²) in [5, 5.41) is 0. The predicted octanol–water partition coefficient (Wildman–Crippen LogP) is 2.34. The van der Waals surface area contributed by atoms with Gasteiger partial charge in [0.15, 0.2) is 0 Å². The van der Waals surface area contributed by atoms with E-state index in [-0.39, 0.29) is 17.4 Å². The van der Waals surface area contributed by atoms with Gasteiger partial charge >= 0.3 is 5.97 Å². The normalized spacial score (nSPS) is 36.8. The number of rotatable bonds is 3. The van der Waals surface area contributed by atoms with Crippen molar-refractivity contribution in [1.29, 1.82) is 0 Å². The van der Waals surface area contributed by atoms with E-state index in [4.69, 9.17) is 10.5 Å². The summed E-state index contributed by atoms with van der Waals surface area (Å²) in [7, 11) is 1.45. The topological polar surface area (TPSA) is 52.3 Å². The molecule has 1 rings (SSSR count). The van der Waals surface area contributed by atoms with Crippen molar-refractivity contribution in [3.63, 3.8) is 0 Å². The molecule has 4 unspecified atom stereocenters. The Kier molecular flexibility index (Phi) is 4.36. The highest BCUT2D eigenvalue weighted by atomic mass is 16.5. The predicted molar refractivity (Wildman–Crippen MR) is 64.9 cm³/mol. The van der Waals surface area contributed by atoms with Crippen LogP contribution < -0.4 is 5.73 Å². The van der Waals surface area contributed by atoms with Crippen LogP contribution in [0, 0.1) is 17.3 Å². The number of ether oxygens (including phenoxy) is 1. The van der Waals surface area contributed by atoms with Gasteiger partial charge in [-0.2, -0.15) is 0 Å². The molecule has 0 amide bonds. The molecule has 1 aliphatic rings. The molecule has 3 heteroatoms. The fraction of sp³-hybridized carbons (Fsp3) is 0.923. The Morgan fingerprint density at radius 1 is 1.50 bits per heavy atom. The van der Waals surface area contributed by atoms with Crippen molar-refractivity contribution in [3.05, 3.63) is 0 Å². The largest absolute Gasteiger partial charge is 0.469 e. The highest BCUT2D eigenvalue weighted by Crippen LogP contribution is 2.46. The van der Waals surface area contributed by atoms with Crippen LogP contribution in [0.1, 0.15) is 46.5 Å². The number of hydrogen-bond acceptors (Lipinski definition) is 3. The van der Waals surface area contributed by atoms with E-state index in [1.54, 1.807) is 0 Å². The molecule has 0 aromatic heterocycles. The Morgan fingerprint density at radius 3 is 2.56 bits per heavy atom. The minimum Gasteiger partial charge on any atom is -0.469 e. The first-order valence-corrected chi connectivity index (χ1v) is 6.23. The molecule has 0 aromatic carbocycles. The molecule has 0 aliphatic heterocycles. The molecule has 0 spiro atoms. The van der Waals surface area contributed by atoms with Crippen molar-refractivity contribution in [1.82, 2.24) is 0 Å². The van der Waals surface area contributed by atoms with Crippen LogP contribution in [0.2, 0.25) is 0 Å². The van der Waals surface area contributed by atoms with Gasteiger partial charge in [-0.1, -0.05) is 13.8 Å². The molecule has 4 atom stereocenters. The molecule has 0 bridgehead atoms. The second-order valence-corrected chi connectivity index (χ2v) is 5.60. The van der Waals surface area contributed by atoms with Crippen LogP contribution in [0.25, 0.3) is 0 Å². The average molecular weight is 227 g/mol. The zero-order chi connectivity index (χ0) is 12.3. The second-order valence-electron chi connectivity index (χ2n) is 5.60. The summed E-state index contributed by atoms with van der Waals surface area (Å²) in [6.07, 6.45) is 3.73. The maximum absolute atomic E-state index is 11.5. The van der Waals surface area contributed by atoms with Gasteiger partial charge in [0.05, 0.1) is 13.5 Å². The highest BCUT2D eigenvalue weighted by Gasteiger charge is 2.42. The zero-order valence-corrected chi connectivity index (χ0v) is 11.0. The van der Waals surface area contributed by atoms with Gasteiger partial charge in [0, 0.05) is 6.04 Å². The first-order valence-electron chi connectivity index (χ1n) is 6.23. The van der Waals surface area contributed by atoms with Crippen LogP contribution in [0.4, 0.5) is 0 Å². The van der Waals surface area contributed by atoms with Crippen LogP contribution in [0.15, 0.2) is 0 Å². The number of hydrogen-bond donors (Lipinski definition) is 1. The summed E-state index contributed by atoms with van der Waals surface area (Å²) in [6.45, 7) is 6.57. The summed E-state index contributed by atoms with van der Waals surface area (Å²) < 4.78 is 4.80. The Morgan fingerprint density at radius 2 is 2.12 bits per heavy atom. The third kappa shape index (κ3) is 2.76. The zero-order valence-electron chi connectivity index (χ0n) is 11.0. The van der Waals surface area contributed by atoms with E-state index in [9.17, 15) is 4.79 Å². The standard InChI is InChI=1S/C13H25NO2/c1-9-5-6-13(11(3)14,7-10(9)2)8-12(15)16-4/h9-11H,5-8,14H2,1-4H3. The number of carbonyl (C=O) groups excluding carboxylic acids is 1. The lowest BCUT2D eigenvalue weighted by molar-refractivity contribution is -0.145. The number of carbonyl (C=O) groups is 1. The van der Waals surface area contributed by atoms with Gasteiger partial charge in [0.25, 0.3) is 0 Å². The van der Waals surface area contributed by atoms with E-state index in [2.05, 4.69) is 13.8 Å². The Hall–Kier alpha value is -0.570. The smallest absolute Gasteiger partial charge is 0.306 e. The molecule has 0 radical (unpaired) electrons. The summed E-state index contributed by atoms with van der Waals surface area (Å²) in [6, 6.07) is 0.0570. The van der Waals surface area contributed by atoms with Crippen LogP contribution >= 0.6 is 0 Å². The first-order chi connectivity index (χ1) is 7.41. The van der Waals surface area contributed by atoms with Gasteiger partial charge in [0.2, 0.25) is 0 Å². The highest BCUT2D eigenvalue weighted by molar-refractivity contribution is 5.70. The van der Waals surface area contributed by atoms with Gasteiger partial charge in [0.1, 0.15) is 0 Å². The monoisotopic (exact) mass is 227 g/mol. The lowest BCUT2D eigenvalue weighted by Gasteiger charge is -2.45. The van der Waals surface area contributed by atoms with Crippen molar-refractivity contribution >= 4 is 5.97 Å². The Labute approximate surface area is 98.7 Å².